The summed E-state index contributed by atoms with van der Waals surface area (Å²) in [7, 11) is 0. The van der Waals surface area contributed by atoms with E-state index in [-0.39, 0.29) is 12.4 Å². The third-order valence-electron chi connectivity index (χ3n) is 2.48. The van der Waals surface area contributed by atoms with E-state index in [1.54, 1.807) is 17.5 Å². The van der Waals surface area contributed by atoms with Crippen LogP contribution in [0.4, 0.5) is 13.2 Å². The standard InChI is InChI=1S/C13H9F3O3S/c14-13(15,16)10-6-8(12(17)18)3-4-11(10)19-7-9-2-1-5-20-9/h1-6H,7H2,(H,17,18). The largest absolute Gasteiger partial charge is 0.487 e. The van der Waals surface area contributed by atoms with Crippen molar-refractivity contribution in [2.24, 2.45) is 0 Å². The van der Waals surface area contributed by atoms with Crippen LogP contribution in [0, 0.1) is 0 Å². The second-order valence-electron chi connectivity index (χ2n) is 3.88. The highest BCUT2D eigenvalue weighted by Crippen LogP contribution is 2.37. The fraction of sp³-hybridized carbons (Fsp3) is 0.154. The van der Waals surface area contributed by atoms with Gasteiger partial charge in [0, 0.05) is 4.88 Å². The quantitative estimate of drug-likeness (QED) is 0.927. The minimum atomic E-state index is -4.67. The zero-order valence-electron chi connectivity index (χ0n) is 9.98. The van der Waals surface area contributed by atoms with Crippen LogP contribution in [-0.4, -0.2) is 11.1 Å². The number of carboxylic acids is 1. The number of ether oxygens (including phenoxy) is 1. The van der Waals surface area contributed by atoms with E-state index in [1.807, 2.05) is 0 Å². The van der Waals surface area contributed by atoms with Gasteiger partial charge in [-0.25, -0.2) is 4.79 Å². The van der Waals surface area contributed by atoms with Crippen molar-refractivity contribution in [3.05, 3.63) is 51.7 Å². The maximum Gasteiger partial charge on any atom is 0.419 e. The highest BCUT2D eigenvalue weighted by Gasteiger charge is 2.35. The van der Waals surface area contributed by atoms with E-state index in [4.69, 9.17) is 9.84 Å². The van der Waals surface area contributed by atoms with Crippen LogP contribution in [-0.2, 0) is 12.8 Å². The Balaban J connectivity index is 2.29. The van der Waals surface area contributed by atoms with E-state index in [1.165, 1.54) is 11.3 Å². The normalized spacial score (nSPS) is 11.3. The summed E-state index contributed by atoms with van der Waals surface area (Å²) in [5.74, 6) is -1.80. The van der Waals surface area contributed by atoms with Gasteiger partial charge in [-0.05, 0) is 29.6 Å². The molecular weight excluding hydrogens is 293 g/mol. The maximum atomic E-state index is 12.9. The zero-order valence-corrected chi connectivity index (χ0v) is 10.8. The Morgan fingerprint density at radius 3 is 2.60 bits per heavy atom. The zero-order chi connectivity index (χ0) is 14.8. The van der Waals surface area contributed by atoms with E-state index in [0.717, 1.165) is 17.0 Å². The van der Waals surface area contributed by atoms with Crippen molar-refractivity contribution in [1.82, 2.24) is 0 Å². The Bertz CT molecular complexity index is 606. The molecule has 0 atom stereocenters. The van der Waals surface area contributed by atoms with Crippen molar-refractivity contribution in [3.63, 3.8) is 0 Å². The molecule has 1 N–H and O–H groups in total. The lowest BCUT2D eigenvalue weighted by Gasteiger charge is -2.14. The van der Waals surface area contributed by atoms with E-state index in [9.17, 15) is 18.0 Å². The van der Waals surface area contributed by atoms with Crippen LogP contribution in [0.25, 0.3) is 0 Å². The number of carboxylic acid groups (broad SMARTS) is 1. The monoisotopic (exact) mass is 302 g/mol. The molecule has 0 spiro atoms. The number of halogens is 3. The second kappa shape index (κ2) is 5.54. The van der Waals surface area contributed by atoms with Gasteiger partial charge in [-0.3, -0.25) is 0 Å². The lowest BCUT2D eigenvalue weighted by Crippen LogP contribution is -2.10. The van der Waals surface area contributed by atoms with Crippen LogP contribution in [0.15, 0.2) is 35.7 Å². The first kappa shape index (κ1) is 14.4. The molecule has 0 aliphatic heterocycles. The van der Waals surface area contributed by atoms with Crippen molar-refractivity contribution in [2.75, 3.05) is 0 Å². The van der Waals surface area contributed by atoms with E-state index >= 15 is 0 Å². The SMILES string of the molecule is O=C(O)c1ccc(OCc2cccs2)c(C(F)(F)F)c1. The van der Waals surface area contributed by atoms with Crippen LogP contribution in [0.3, 0.4) is 0 Å². The van der Waals surface area contributed by atoms with Crippen molar-refractivity contribution in [3.8, 4) is 5.75 Å². The van der Waals surface area contributed by atoms with Crippen LogP contribution in [0.5, 0.6) is 5.75 Å². The first-order chi connectivity index (χ1) is 9.38. The number of hydrogen-bond donors (Lipinski definition) is 1. The molecule has 0 saturated heterocycles. The van der Waals surface area contributed by atoms with Gasteiger partial charge in [-0.15, -0.1) is 11.3 Å². The lowest BCUT2D eigenvalue weighted by molar-refractivity contribution is -0.139. The molecular formula is C13H9F3O3S. The van der Waals surface area contributed by atoms with Crippen molar-refractivity contribution < 1.29 is 27.8 Å². The molecule has 106 valence electrons. The summed E-state index contributed by atoms with van der Waals surface area (Å²) >= 11 is 1.36. The summed E-state index contributed by atoms with van der Waals surface area (Å²) in [6, 6.07) is 6.19. The Kier molecular flexibility index (Phi) is 3.99. The summed E-state index contributed by atoms with van der Waals surface area (Å²) in [6.07, 6.45) is -4.67. The van der Waals surface area contributed by atoms with E-state index in [0.29, 0.717) is 6.07 Å². The Labute approximate surface area is 116 Å². The molecule has 3 nitrogen and oxygen atoms in total. The first-order valence-electron chi connectivity index (χ1n) is 5.47. The van der Waals surface area contributed by atoms with Gasteiger partial charge in [0.1, 0.15) is 12.4 Å². The molecule has 0 unspecified atom stereocenters. The predicted molar refractivity (Wildman–Crippen MR) is 67.1 cm³/mol. The number of hydrogen-bond acceptors (Lipinski definition) is 3. The van der Waals surface area contributed by atoms with E-state index in [2.05, 4.69) is 0 Å². The van der Waals surface area contributed by atoms with Crippen LogP contribution in [0.1, 0.15) is 20.8 Å². The van der Waals surface area contributed by atoms with Gasteiger partial charge >= 0.3 is 12.1 Å². The third-order valence-corrected chi connectivity index (χ3v) is 3.33. The van der Waals surface area contributed by atoms with Gasteiger partial charge in [0.15, 0.2) is 0 Å². The summed E-state index contributed by atoms with van der Waals surface area (Å²) in [5, 5.41) is 10.5. The molecule has 0 fully saturated rings. The summed E-state index contributed by atoms with van der Waals surface area (Å²) < 4.78 is 43.8. The molecule has 0 saturated carbocycles. The van der Waals surface area contributed by atoms with E-state index < -0.39 is 23.3 Å². The molecule has 2 aromatic rings. The molecule has 1 aromatic heterocycles. The number of benzene rings is 1. The molecule has 0 radical (unpaired) electrons. The van der Waals surface area contributed by atoms with Gasteiger partial charge in [0.05, 0.1) is 11.1 Å². The summed E-state index contributed by atoms with van der Waals surface area (Å²) in [5.41, 5.74) is -1.52. The number of thiophene rings is 1. The fourth-order valence-electron chi connectivity index (χ4n) is 1.55. The molecule has 0 bridgehead atoms. The summed E-state index contributed by atoms with van der Waals surface area (Å²) in [4.78, 5) is 11.5. The second-order valence-corrected chi connectivity index (χ2v) is 4.91. The van der Waals surface area contributed by atoms with Gasteiger partial charge in [0.2, 0.25) is 0 Å². The topological polar surface area (TPSA) is 46.5 Å². The minimum absolute atomic E-state index is 0.00711. The maximum absolute atomic E-state index is 12.9. The Morgan fingerprint density at radius 2 is 2.05 bits per heavy atom. The number of aromatic carboxylic acids is 1. The lowest BCUT2D eigenvalue weighted by atomic mass is 10.1. The molecule has 0 aliphatic rings. The predicted octanol–water partition coefficient (Wildman–Crippen LogP) is 4.04. The summed E-state index contributed by atoms with van der Waals surface area (Å²) in [6.45, 7) is 0.00711. The molecule has 0 amide bonds. The van der Waals surface area contributed by atoms with Crippen molar-refractivity contribution >= 4 is 17.3 Å². The number of alkyl halides is 3. The van der Waals surface area contributed by atoms with Gasteiger partial charge < -0.3 is 9.84 Å². The Morgan fingerprint density at radius 1 is 1.30 bits per heavy atom. The Hall–Kier alpha value is -2.02. The average molecular weight is 302 g/mol. The molecule has 1 aromatic carbocycles. The van der Waals surface area contributed by atoms with Crippen molar-refractivity contribution in [1.29, 1.82) is 0 Å². The third kappa shape index (κ3) is 3.30. The fourth-order valence-corrected chi connectivity index (χ4v) is 2.17. The average Bonchev–Trinajstić information content (AvgIpc) is 2.88. The van der Waals surface area contributed by atoms with Crippen LogP contribution in [0.2, 0.25) is 0 Å². The first-order valence-corrected chi connectivity index (χ1v) is 6.35. The minimum Gasteiger partial charge on any atom is -0.487 e. The number of carbonyl (C=O) groups is 1. The van der Waals surface area contributed by atoms with Gasteiger partial charge in [0.25, 0.3) is 0 Å². The van der Waals surface area contributed by atoms with Gasteiger partial charge in [-0.2, -0.15) is 13.2 Å². The molecule has 1 heterocycles. The molecule has 20 heavy (non-hydrogen) atoms. The van der Waals surface area contributed by atoms with Crippen LogP contribution < -0.4 is 4.74 Å². The highest BCUT2D eigenvalue weighted by molar-refractivity contribution is 7.09. The smallest absolute Gasteiger partial charge is 0.419 e. The highest BCUT2D eigenvalue weighted by atomic mass is 32.1. The van der Waals surface area contributed by atoms with Gasteiger partial charge in [-0.1, -0.05) is 6.07 Å². The number of rotatable bonds is 4. The van der Waals surface area contributed by atoms with Crippen LogP contribution >= 0.6 is 11.3 Å². The van der Waals surface area contributed by atoms with Crippen molar-refractivity contribution in [2.45, 2.75) is 12.8 Å². The molecule has 0 aliphatic carbocycles. The molecule has 7 heteroatoms. The molecule has 2 rings (SSSR count).